The van der Waals surface area contributed by atoms with Gasteiger partial charge in [0.25, 0.3) is 0 Å². The van der Waals surface area contributed by atoms with Gasteiger partial charge in [-0.1, -0.05) is 24.3 Å². The summed E-state index contributed by atoms with van der Waals surface area (Å²) >= 11 is 0. The Kier molecular flexibility index (Phi) is 4.57. The number of hydrogen-bond acceptors (Lipinski definition) is 3. The van der Waals surface area contributed by atoms with Crippen molar-refractivity contribution in [2.24, 2.45) is 0 Å². The zero-order valence-electron chi connectivity index (χ0n) is 10.6. The highest BCUT2D eigenvalue weighted by Crippen LogP contribution is 2.32. The molecular weight excluding hydrogens is 279 g/mol. The fraction of sp³-hybridized carbons (Fsp3) is 0.143. The van der Waals surface area contributed by atoms with E-state index in [1.54, 1.807) is 24.3 Å². The van der Waals surface area contributed by atoms with Crippen molar-refractivity contribution in [2.45, 2.75) is 6.42 Å². The van der Waals surface area contributed by atoms with Gasteiger partial charge in [0.2, 0.25) is 0 Å². The molecule has 0 spiro atoms. The van der Waals surface area contributed by atoms with Gasteiger partial charge in [-0.2, -0.15) is 0 Å². The number of aliphatic hydroxyl groups is 1. The van der Waals surface area contributed by atoms with E-state index in [0.717, 1.165) is 11.1 Å². The Morgan fingerprint density at radius 1 is 0.900 bits per heavy atom. The molecule has 0 aliphatic carbocycles. The molecule has 0 aliphatic heterocycles. The van der Waals surface area contributed by atoms with Crippen molar-refractivity contribution in [1.29, 1.82) is 0 Å². The lowest BCUT2D eigenvalue weighted by atomic mass is 10.1. The van der Waals surface area contributed by atoms with Crippen LogP contribution in [0.3, 0.4) is 0 Å². The summed E-state index contributed by atoms with van der Waals surface area (Å²) in [5.41, 5.74) is 2.00. The molecule has 0 aliphatic rings. The van der Waals surface area contributed by atoms with Crippen molar-refractivity contribution in [1.82, 2.24) is 0 Å². The van der Waals surface area contributed by atoms with Crippen LogP contribution in [0.4, 0.5) is 0 Å². The number of aliphatic hydroxyl groups excluding tert-OH is 1. The average Bonchev–Trinajstić information content (AvgIpc) is 2.41. The first-order valence-corrected chi connectivity index (χ1v) is 7.58. The van der Waals surface area contributed by atoms with Crippen molar-refractivity contribution in [2.75, 3.05) is 6.79 Å². The van der Waals surface area contributed by atoms with Gasteiger partial charge in [-0.15, -0.1) is 0 Å². The van der Waals surface area contributed by atoms with Crippen molar-refractivity contribution >= 4 is 12.9 Å². The summed E-state index contributed by atoms with van der Waals surface area (Å²) in [5, 5.41) is 8.65. The summed E-state index contributed by atoms with van der Waals surface area (Å²) in [5.74, 6) is 0.591. The zero-order valence-corrected chi connectivity index (χ0v) is 11.5. The molecule has 0 radical (unpaired) electrons. The number of ether oxygens (including phenoxy) is 1. The molecule has 0 aromatic heterocycles. The highest BCUT2D eigenvalue weighted by atomic mass is 31.2. The molecule has 0 amide bonds. The Bertz CT molecular complexity index is 600. The van der Waals surface area contributed by atoms with E-state index < -0.39 is 7.60 Å². The molecule has 0 atom stereocenters. The van der Waals surface area contributed by atoms with Gasteiger partial charge in [0.1, 0.15) is 5.75 Å². The lowest BCUT2D eigenvalue weighted by Crippen LogP contribution is -2.03. The molecule has 3 N–H and O–H groups in total. The molecular formula is C14H15O5P. The third kappa shape index (κ3) is 3.92. The predicted molar refractivity (Wildman–Crippen MR) is 75.1 cm³/mol. The van der Waals surface area contributed by atoms with Crippen molar-refractivity contribution in [3.63, 3.8) is 0 Å². The number of benzene rings is 2. The lowest BCUT2D eigenvalue weighted by molar-refractivity contribution is 0.0985. The zero-order chi connectivity index (χ0) is 14.6. The molecule has 0 unspecified atom stereocenters. The predicted octanol–water partition coefficient (Wildman–Crippen LogP) is 1.41. The molecule has 2 rings (SSSR count). The van der Waals surface area contributed by atoms with Crippen molar-refractivity contribution in [3.8, 4) is 5.75 Å². The third-order valence-corrected chi connectivity index (χ3v) is 3.81. The first kappa shape index (κ1) is 14.8. The molecule has 20 heavy (non-hydrogen) atoms. The topological polar surface area (TPSA) is 87.0 Å². The quantitative estimate of drug-likeness (QED) is 0.573. The Morgan fingerprint density at radius 2 is 1.40 bits per heavy atom. The van der Waals surface area contributed by atoms with Crippen LogP contribution in [-0.2, 0) is 11.0 Å². The molecule has 2 aromatic rings. The van der Waals surface area contributed by atoms with Gasteiger partial charge in [0, 0.05) is 0 Å². The van der Waals surface area contributed by atoms with Gasteiger partial charge in [-0.3, -0.25) is 4.57 Å². The van der Waals surface area contributed by atoms with Gasteiger partial charge in [-0.05, 0) is 41.8 Å². The van der Waals surface area contributed by atoms with Gasteiger partial charge < -0.3 is 19.6 Å². The molecule has 106 valence electrons. The van der Waals surface area contributed by atoms with Crippen LogP contribution in [0.25, 0.3) is 0 Å². The van der Waals surface area contributed by atoms with Crippen LogP contribution < -0.4 is 10.0 Å². The largest absolute Gasteiger partial charge is 0.468 e. The highest BCUT2D eigenvalue weighted by Gasteiger charge is 2.15. The second kappa shape index (κ2) is 6.20. The standard InChI is InChI=1S/C14H15O5P/c15-10-19-13-5-1-11(2-6-13)9-12-3-7-14(8-4-12)20(16,17)18/h1-8,15H,9-10H2,(H2,16,17,18). The fourth-order valence-corrected chi connectivity index (χ4v) is 2.36. The van der Waals surface area contributed by atoms with E-state index in [1.807, 2.05) is 12.1 Å². The van der Waals surface area contributed by atoms with Crippen molar-refractivity contribution in [3.05, 3.63) is 59.7 Å². The Morgan fingerprint density at radius 3 is 1.85 bits per heavy atom. The van der Waals surface area contributed by atoms with Crippen LogP contribution in [0.5, 0.6) is 5.75 Å². The van der Waals surface area contributed by atoms with E-state index in [9.17, 15) is 4.57 Å². The second-order valence-corrected chi connectivity index (χ2v) is 5.91. The first-order valence-electron chi connectivity index (χ1n) is 5.97. The van der Waals surface area contributed by atoms with E-state index in [0.29, 0.717) is 12.2 Å². The van der Waals surface area contributed by atoms with Gasteiger partial charge in [0.15, 0.2) is 6.79 Å². The van der Waals surface area contributed by atoms with Crippen LogP contribution in [0.15, 0.2) is 48.5 Å². The van der Waals surface area contributed by atoms with Gasteiger partial charge in [0.05, 0.1) is 5.30 Å². The van der Waals surface area contributed by atoms with Crippen LogP contribution >= 0.6 is 7.60 Å². The smallest absolute Gasteiger partial charge is 0.356 e. The SMILES string of the molecule is O=P(O)(O)c1ccc(Cc2ccc(OCO)cc2)cc1. The van der Waals surface area contributed by atoms with E-state index in [1.165, 1.54) is 12.1 Å². The molecule has 2 aromatic carbocycles. The summed E-state index contributed by atoms with van der Waals surface area (Å²) < 4.78 is 16.0. The fourth-order valence-electron chi connectivity index (χ4n) is 1.82. The number of hydrogen-bond donors (Lipinski definition) is 3. The minimum atomic E-state index is -4.17. The Labute approximate surface area is 116 Å². The van der Waals surface area contributed by atoms with Gasteiger partial charge in [-0.25, -0.2) is 0 Å². The molecule has 0 saturated heterocycles. The summed E-state index contributed by atoms with van der Waals surface area (Å²) in [6.45, 7) is -0.358. The van der Waals surface area contributed by atoms with Crippen LogP contribution in [0.2, 0.25) is 0 Å². The lowest BCUT2D eigenvalue weighted by Gasteiger charge is -2.07. The Hall–Kier alpha value is -1.65. The molecule has 0 saturated carbocycles. The minimum absolute atomic E-state index is 0.0212. The number of rotatable bonds is 5. The summed E-state index contributed by atoms with van der Waals surface area (Å²) in [6.07, 6.45) is 0.654. The first-order chi connectivity index (χ1) is 9.49. The minimum Gasteiger partial charge on any atom is -0.468 e. The summed E-state index contributed by atoms with van der Waals surface area (Å²) in [7, 11) is -4.17. The summed E-state index contributed by atoms with van der Waals surface area (Å²) in [4.78, 5) is 18.1. The molecule has 0 fully saturated rings. The normalized spacial score (nSPS) is 11.3. The van der Waals surface area contributed by atoms with Crippen LogP contribution in [0, 0.1) is 0 Å². The molecule has 6 heteroatoms. The van der Waals surface area contributed by atoms with E-state index in [2.05, 4.69) is 0 Å². The van der Waals surface area contributed by atoms with Gasteiger partial charge >= 0.3 is 7.60 Å². The Balaban J connectivity index is 2.08. The maximum atomic E-state index is 11.1. The maximum absolute atomic E-state index is 11.1. The molecule has 5 nitrogen and oxygen atoms in total. The monoisotopic (exact) mass is 294 g/mol. The van der Waals surface area contributed by atoms with Crippen molar-refractivity contribution < 1.29 is 24.2 Å². The maximum Gasteiger partial charge on any atom is 0.356 e. The third-order valence-electron chi connectivity index (χ3n) is 2.84. The molecule has 0 heterocycles. The van der Waals surface area contributed by atoms with Crippen LogP contribution in [0.1, 0.15) is 11.1 Å². The van der Waals surface area contributed by atoms with E-state index >= 15 is 0 Å². The van der Waals surface area contributed by atoms with E-state index in [-0.39, 0.29) is 12.1 Å². The van der Waals surface area contributed by atoms with Crippen LogP contribution in [-0.4, -0.2) is 21.7 Å². The summed E-state index contributed by atoms with van der Waals surface area (Å²) in [6, 6.07) is 13.6. The molecule has 0 bridgehead atoms. The highest BCUT2D eigenvalue weighted by molar-refractivity contribution is 7.60. The second-order valence-electron chi connectivity index (χ2n) is 4.30. The average molecular weight is 294 g/mol. The van der Waals surface area contributed by atoms with E-state index in [4.69, 9.17) is 19.6 Å².